The molecular weight excluding hydrogens is 477 g/mol. The average Bonchev–Trinajstić information content (AvgIpc) is 3.12. The number of amides is 1. The van der Waals surface area contributed by atoms with E-state index in [9.17, 15) is 4.79 Å². The summed E-state index contributed by atoms with van der Waals surface area (Å²) in [7, 11) is 3.19. The second-order valence-electron chi connectivity index (χ2n) is 9.27. The Morgan fingerprint density at radius 2 is 1.89 bits per heavy atom. The molecule has 0 aromatic heterocycles. The molecule has 0 N–H and O–H groups in total. The molecule has 190 valence electrons. The minimum atomic E-state index is -0.359. The first-order chi connectivity index (χ1) is 17.2. The van der Waals surface area contributed by atoms with Crippen molar-refractivity contribution in [2.24, 2.45) is 4.99 Å². The van der Waals surface area contributed by atoms with Crippen molar-refractivity contribution < 1.29 is 18.7 Å². The first-order valence-corrected chi connectivity index (χ1v) is 12.7. The van der Waals surface area contributed by atoms with Crippen LogP contribution in [0.3, 0.4) is 0 Å². The predicted molar refractivity (Wildman–Crippen MR) is 146 cm³/mol. The van der Waals surface area contributed by atoms with Crippen LogP contribution in [0.25, 0.3) is 11.6 Å². The van der Waals surface area contributed by atoms with E-state index < -0.39 is 0 Å². The van der Waals surface area contributed by atoms with Gasteiger partial charge in [-0.05, 0) is 87.5 Å². The lowest BCUT2D eigenvalue weighted by Crippen LogP contribution is -2.45. The summed E-state index contributed by atoms with van der Waals surface area (Å²) in [5.74, 6) is 0.149. The maximum atomic E-state index is 15.4. The molecule has 1 saturated heterocycles. The van der Waals surface area contributed by atoms with Crippen LogP contribution in [-0.2, 0) is 9.53 Å². The van der Waals surface area contributed by atoms with E-state index in [-0.39, 0.29) is 17.3 Å². The predicted octanol–water partition coefficient (Wildman–Crippen LogP) is 6.11. The van der Waals surface area contributed by atoms with Crippen LogP contribution in [-0.4, -0.2) is 55.4 Å². The SMILES string of the molecule is CCN1c2cc(F)c(/C=C3/SC(=Nc4ccc(OC)cc4)N(CCOC)C3=O)cc2C(C)=CC1(C)C. The van der Waals surface area contributed by atoms with Gasteiger partial charge >= 0.3 is 0 Å². The molecule has 0 aliphatic carbocycles. The number of thioether (sulfide) groups is 1. The first-order valence-electron chi connectivity index (χ1n) is 11.9. The second-order valence-corrected chi connectivity index (χ2v) is 10.3. The monoisotopic (exact) mass is 509 g/mol. The topological polar surface area (TPSA) is 54.4 Å². The molecule has 0 atom stereocenters. The van der Waals surface area contributed by atoms with Gasteiger partial charge in [-0.25, -0.2) is 9.38 Å². The van der Waals surface area contributed by atoms with Crippen molar-refractivity contribution in [1.82, 2.24) is 4.90 Å². The lowest BCUT2D eigenvalue weighted by Gasteiger charge is -2.42. The Morgan fingerprint density at radius 3 is 2.53 bits per heavy atom. The molecule has 0 unspecified atom stereocenters. The molecule has 2 aliphatic heterocycles. The average molecular weight is 510 g/mol. The fourth-order valence-corrected chi connectivity index (χ4v) is 5.70. The number of amidine groups is 1. The molecule has 2 aromatic carbocycles. The summed E-state index contributed by atoms with van der Waals surface area (Å²) in [6.07, 6.45) is 3.83. The Labute approximate surface area is 216 Å². The zero-order valence-electron chi connectivity index (χ0n) is 21.6. The first kappa shape index (κ1) is 26.0. The summed E-state index contributed by atoms with van der Waals surface area (Å²) in [6, 6.07) is 10.7. The zero-order chi connectivity index (χ0) is 26.0. The van der Waals surface area contributed by atoms with E-state index in [1.165, 1.54) is 11.8 Å². The Balaban J connectivity index is 1.72. The van der Waals surface area contributed by atoms with Gasteiger partial charge in [0.15, 0.2) is 5.17 Å². The number of hydrogen-bond donors (Lipinski definition) is 0. The molecule has 1 fully saturated rings. The minimum Gasteiger partial charge on any atom is -0.497 e. The van der Waals surface area contributed by atoms with Crippen molar-refractivity contribution in [3.63, 3.8) is 0 Å². The second kappa shape index (κ2) is 10.5. The van der Waals surface area contributed by atoms with E-state index in [1.807, 2.05) is 37.3 Å². The third-order valence-electron chi connectivity index (χ3n) is 6.40. The van der Waals surface area contributed by atoms with Gasteiger partial charge in [-0.3, -0.25) is 9.69 Å². The van der Waals surface area contributed by atoms with E-state index in [2.05, 4.69) is 36.7 Å². The molecule has 6 nitrogen and oxygen atoms in total. The van der Waals surface area contributed by atoms with E-state index >= 15 is 4.39 Å². The van der Waals surface area contributed by atoms with Crippen molar-refractivity contribution in [2.75, 3.05) is 38.8 Å². The standard InChI is InChI=1S/C28H32FN3O3S/c1-7-32-24-16-23(29)19(14-22(24)18(2)17-28(32,3)4)15-25-26(33)31(12-13-34-5)27(36-25)30-20-8-10-21(35-6)11-9-20/h8-11,14-17H,7,12-13H2,1-6H3/b25-15+,30-27?. The van der Waals surface area contributed by atoms with Gasteiger partial charge in [-0.1, -0.05) is 6.08 Å². The lowest BCUT2D eigenvalue weighted by molar-refractivity contribution is -0.122. The molecule has 2 aliphatic rings. The Bertz CT molecular complexity index is 1250. The van der Waals surface area contributed by atoms with Gasteiger partial charge in [0.2, 0.25) is 0 Å². The largest absolute Gasteiger partial charge is 0.497 e. The molecule has 4 rings (SSSR count). The van der Waals surface area contributed by atoms with Gasteiger partial charge in [-0.15, -0.1) is 0 Å². The number of carbonyl (C=O) groups is 1. The van der Waals surface area contributed by atoms with Crippen LogP contribution in [0, 0.1) is 5.82 Å². The molecule has 0 spiro atoms. The number of methoxy groups -OCH3 is 2. The number of anilines is 1. The Hall–Kier alpha value is -3.10. The van der Waals surface area contributed by atoms with Gasteiger partial charge in [-0.2, -0.15) is 0 Å². The number of ether oxygens (including phenoxy) is 2. The number of likely N-dealkylation sites (N-methyl/N-ethyl adjacent to an activating group) is 1. The van der Waals surface area contributed by atoms with Gasteiger partial charge in [0.1, 0.15) is 11.6 Å². The van der Waals surface area contributed by atoms with Gasteiger partial charge in [0.25, 0.3) is 5.91 Å². The number of hydrogen-bond acceptors (Lipinski definition) is 6. The number of allylic oxidation sites excluding steroid dienone is 1. The summed E-state index contributed by atoms with van der Waals surface area (Å²) < 4.78 is 25.8. The number of fused-ring (bicyclic) bond motifs is 1. The lowest BCUT2D eigenvalue weighted by atomic mass is 9.88. The number of halogens is 1. The van der Waals surface area contributed by atoms with E-state index in [0.717, 1.165) is 29.1 Å². The summed E-state index contributed by atoms with van der Waals surface area (Å²) in [5.41, 5.74) is 3.81. The quantitative estimate of drug-likeness (QED) is 0.422. The molecule has 0 bridgehead atoms. The van der Waals surface area contributed by atoms with Crippen LogP contribution in [0.5, 0.6) is 5.75 Å². The maximum Gasteiger partial charge on any atom is 0.266 e. The number of carbonyl (C=O) groups excluding carboxylic acids is 1. The number of benzene rings is 2. The fraction of sp³-hybridized carbons (Fsp3) is 0.357. The van der Waals surface area contributed by atoms with Crippen molar-refractivity contribution >= 4 is 45.9 Å². The highest BCUT2D eigenvalue weighted by molar-refractivity contribution is 8.18. The van der Waals surface area contributed by atoms with Crippen LogP contribution in [0.15, 0.2) is 52.4 Å². The third-order valence-corrected chi connectivity index (χ3v) is 7.41. The van der Waals surface area contributed by atoms with Gasteiger partial charge in [0.05, 0.1) is 36.4 Å². The molecule has 2 heterocycles. The Morgan fingerprint density at radius 1 is 1.17 bits per heavy atom. The van der Waals surface area contributed by atoms with Crippen LogP contribution in [0.4, 0.5) is 15.8 Å². The fourth-order valence-electron chi connectivity index (χ4n) is 4.68. The van der Waals surface area contributed by atoms with E-state index in [4.69, 9.17) is 9.47 Å². The number of nitrogens with zero attached hydrogens (tertiary/aromatic N) is 3. The van der Waals surface area contributed by atoms with Crippen molar-refractivity contribution in [1.29, 1.82) is 0 Å². The highest BCUT2D eigenvalue weighted by Gasteiger charge is 2.34. The van der Waals surface area contributed by atoms with Crippen molar-refractivity contribution in [3.05, 3.63) is 64.3 Å². The van der Waals surface area contributed by atoms with E-state index in [0.29, 0.717) is 34.5 Å². The number of aliphatic imine (C=N–C) groups is 1. The van der Waals surface area contributed by atoms with E-state index in [1.54, 1.807) is 31.3 Å². The molecule has 36 heavy (non-hydrogen) atoms. The zero-order valence-corrected chi connectivity index (χ0v) is 22.4. The minimum absolute atomic E-state index is 0.204. The molecule has 0 radical (unpaired) electrons. The van der Waals surface area contributed by atoms with Crippen LogP contribution >= 0.6 is 11.8 Å². The van der Waals surface area contributed by atoms with Crippen molar-refractivity contribution in [3.8, 4) is 5.75 Å². The highest BCUT2D eigenvalue weighted by atomic mass is 32.2. The summed E-state index contributed by atoms with van der Waals surface area (Å²) >= 11 is 1.24. The van der Waals surface area contributed by atoms with Crippen LogP contribution in [0.2, 0.25) is 0 Å². The molecular formula is C28H32FN3O3S. The maximum absolute atomic E-state index is 15.4. The van der Waals surface area contributed by atoms with Crippen molar-refractivity contribution in [2.45, 2.75) is 33.2 Å². The molecule has 2 aromatic rings. The molecule has 8 heteroatoms. The highest BCUT2D eigenvalue weighted by Crippen LogP contribution is 2.41. The third kappa shape index (κ3) is 5.06. The smallest absolute Gasteiger partial charge is 0.266 e. The normalized spacial score (nSPS) is 19.2. The van der Waals surface area contributed by atoms with Gasteiger partial charge in [0, 0.05) is 30.5 Å². The Kier molecular flexibility index (Phi) is 7.57. The summed E-state index contributed by atoms with van der Waals surface area (Å²) in [6.45, 7) is 9.85. The summed E-state index contributed by atoms with van der Waals surface area (Å²) in [5, 5.41) is 0.529. The number of rotatable bonds is 7. The van der Waals surface area contributed by atoms with Gasteiger partial charge < -0.3 is 14.4 Å². The summed E-state index contributed by atoms with van der Waals surface area (Å²) in [4.78, 5) is 22.2. The van der Waals surface area contributed by atoms with Crippen LogP contribution < -0.4 is 9.64 Å². The molecule has 0 saturated carbocycles. The van der Waals surface area contributed by atoms with Crippen LogP contribution in [0.1, 0.15) is 38.8 Å². The molecule has 1 amide bonds.